The molecule has 0 bridgehead atoms. The molecule has 1 unspecified atom stereocenters. The third-order valence-electron chi connectivity index (χ3n) is 3.97. The molecule has 0 amide bonds. The van der Waals surface area contributed by atoms with E-state index >= 15 is 0 Å². The van der Waals surface area contributed by atoms with Crippen molar-refractivity contribution in [3.05, 3.63) is 29.8 Å². The highest BCUT2D eigenvalue weighted by molar-refractivity contribution is 8.05. The van der Waals surface area contributed by atoms with Gasteiger partial charge < -0.3 is 0 Å². The number of hydrogen-bond acceptors (Lipinski definition) is 4. The van der Waals surface area contributed by atoms with Gasteiger partial charge in [-0.15, -0.1) is 0 Å². The lowest BCUT2D eigenvalue weighted by atomic mass is 9.77. The topological polar surface area (TPSA) is 80.3 Å². The number of alkyl halides is 3. The first-order chi connectivity index (χ1) is 10.8. The van der Waals surface area contributed by atoms with Crippen molar-refractivity contribution in [2.24, 2.45) is 0 Å². The van der Waals surface area contributed by atoms with Crippen LogP contribution in [0.4, 0.5) is 13.2 Å². The number of sulfonamides is 2. The Labute approximate surface area is 140 Å². The van der Waals surface area contributed by atoms with E-state index in [-0.39, 0.29) is 5.41 Å². The fraction of sp³-hybridized carbons (Fsp3) is 0.571. The van der Waals surface area contributed by atoms with Crippen LogP contribution in [-0.2, 0) is 25.5 Å². The van der Waals surface area contributed by atoms with Crippen molar-refractivity contribution < 1.29 is 30.0 Å². The summed E-state index contributed by atoms with van der Waals surface area (Å²) >= 11 is 0. The maximum Gasteiger partial charge on any atom is 0.512 e. The van der Waals surface area contributed by atoms with Crippen LogP contribution in [0.5, 0.6) is 0 Å². The highest BCUT2D eigenvalue weighted by atomic mass is 32.3. The van der Waals surface area contributed by atoms with Gasteiger partial charge in [0, 0.05) is 0 Å². The van der Waals surface area contributed by atoms with Crippen LogP contribution in [0.2, 0.25) is 0 Å². The Morgan fingerprint density at radius 2 is 1.50 bits per heavy atom. The number of rotatable bonds is 7. The van der Waals surface area contributed by atoms with Gasteiger partial charge in [-0.25, -0.2) is 16.8 Å². The smallest absolute Gasteiger partial charge is 0.206 e. The maximum absolute atomic E-state index is 12.3. The lowest BCUT2D eigenvalue weighted by Gasteiger charge is -2.28. The van der Waals surface area contributed by atoms with E-state index in [9.17, 15) is 30.0 Å². The van der Waals surface area contributed by atoms with E-state index < -0.39 is 30.5 Å². The van der Waals surface area contributed by atoms with E-state index in [4.69, 9.17) is 0 Å². The van der Waals surface area contributed by atoms with Crippen molar-refractivity contribution in [2.45, 2.75) is 55.9 Å². The monoisotopic (exact) mass is 387 g/mol. The molecule has 138 valence electrons. The molecule has 10 heteroatoms. The molecule has 0 spiro atoms. The molecule has 1 N–H and O–H groups in total. The number of hydrogen-bond donors (Lipinski definition) is 1. The molecular formula is C14H20F3NO4S2. The molecule has 0 aromatic heterocycles. The van der Waals surface area contributed by atoms with E-state index in [2.05, 4.69) is 0 Å². The van der Waals surface area contributed by atoms with E-state index in [1.165, 1.54) is 12.1 Å². The van der Waals surface area contributed by atoms with E-state index in [0.717, 1.165) is 37.0 Å². The van der Waals surface area contributed by atoms with Gasteiger partial charge in [-0.3, -0.25) is 0 Å². The molecule has 0 aliphatic carbocycles. The molecule has 1 aromatic carbocycles. The van der Waals surface area contributed by atoms with Gasteiger partial charge in [0.2, 0.25) is 0 Å². The Morgan fingerprint density at radius 1 is 1.00 bits per heavy atom. The molecule has 0 saturated heterocycles. The largest absolute Gasteiger partial charge is 0.512 e. The van der Waals surface area contributed by atoms with Gasteiger partial charge in [0.15, 0.2) is 0 Å². The predicted molar refractivity (Wildman–Crippen MR) is 84.3 cm³/mol. The zero-order valence-corrected chi connectivity index (χ0v) is 15.1. The van der Waals surface area contributed by atoms with Crippen molar-refractivity contribution >= 4 is 20.0 Å². The summed E-state index contributed by atoms with van der Waals surface area (Å²) in [6, 6.07) is 5.20. The van der Waals surface area contributed by atoms with Crippen LogP contribution in [0, 0.1) is 0 Å². The van der Waals surface area contributed by atoms with Gasteiger partial charge in [0.05, 0.1) is 4.90 Å². The summed E-state index contributed by atoms with van der Waals surface area (Å²) < 4.78 is 83.3. The van der Waals surface area contributed by atoms with Crippen LogP contribution in [0.15, 0.2) is 29.2 Å². The second-order valence-electron chi connectivity index (χ2n) is 5.72. The Hall–Kier alpha value is -1.13. The Kier molecular flexibility index (Phi) is 6.11. The molecule has 0 radical (unpaired) electrons. The highest BCUT2D eigenvalue weighted by Crippen LogP contribution is 2.33. The molecule has 1 atom stereocenters. The van der Waals surface area contributed by atoms with Crippen molar-refractivity contribution in [3.8, 4) is 0 Å². The Bertz CT molecular complexity index is 771. The minimum absolute atomic E-state index is 0.192. The number of halogens is 3. The standard InChI is InChI=1S/C14H20F3NO4S2/c1-4-10-13(3,5-2)11-6-8-12(9-7-11)23(19,20)18-24(21,22)14(15,16)17/h6-9,18H,4-5,10H2,1-3H3. The number of benzene rings is 1. The summed E-state index contributed by atoms with van der Waals surface area (Å²) in [5.41, 5.74) is -5.06. The molecule has 0 heterocycles. The number of nitrogens with one attached hydrogen (secondary N) is 1. The summed E-state index contributed by atoms with van der Waals surface area (Å²) in [5.74, 6) is 0. The van der Waals surface area contributed by atoms with Gasteiger partial charge in [0.25, 0.3) is 10.0 Å². The maximum atomic E-state index is 12.3. The Morgan fingerprint density at radius 3 is 1.88 bits per heavy atom. The van der Waals surface area contributed by atoms with Crippen LogP contribution in [0.25, 0.3) is 0 Å². The molecule has 1 aromatic rings. The first kappa shape index (κ1) is 20.9. The average Bonchev–Trinajstić information content (AvgIpc) is 2.45. The van der Waals surface area contributed by atoms with Gasteiger partial charge in [0.1, 0.15) is 0 Å². The molecule has 24 heavy (non-hydrogen) atoms. The van der Waals surface area contributed by atoms with Crippen LogP contribution in [0.3, 0.4) is 0 Å². The minimum atomic E-state index is -5.99. The zero-order chi connectivity index (χ0) is 18.8. The Balaban J connectivity index is 3.17. The third kappa shape index (κ3) is 4.48. The fourth-order valence-corrected chi connectivity index (χ4v) is 4.77. The normalized spacial score (nSPS) is 15.9. The van der Waals surface area contributed by atoms with Crippen LogP contribution < -0.4 is 4.13 Å². The predicted octanol–water partition coefficient (Wildman–Crippen LogP) is 3.28. The lowest BCUT2D eigenvalue weighted by molar-refractivity contribution is -0.0441. The summed E-state index contributed by atoms with van der Waals surface area (Å²) in [6.07, 6.45) is 2.57. The first-order valence-electron chi connectivity index (χ1n) is 7.24. The van der Waals surface area contributed by atoms with Crippen LogP contribution in [0.1, 0.15) is 45.6 Å². The first-order valence-corrected chi connectivity index (χ1v) is 10.2. The third-order valence-corrected chi connectivity index (χ3v) is 7.23. The SMILES string of the molecule is CCCC(C)(CC)c1ccc(S(=O)(=O)NS(=O)(=O)C(F)(F)F)cc1. The molecule has 5 nitrogen and oxygen atoms in total. The van der Waals surface area contributed by atoms with Crippen molar-refractivity contribution in [2.75, 3.05) is 0 Å². The quantitative estimate of drug-likeness (QED) is 0.779. The second kappa shape index (κ2) is 7.01. The molecule has 0 fully saturated rings. The molecular weight excluding hydrogens is 367 g/mol. The highest BCUT2D eigenvalue weighted by Gasteiger charge is 2.48. The van der Waals surface area contributed by atoms with E-state index in [1.54, 1.807) is 0 Å². The van der Waals surface area contributed by atoms with Gasteiger partial charge in [-0.2, -0.15) is 13.2 Å². The average molecular weight is 387 g/mol. The van der Waals surface area contributed by atoms with Crippen LogP contribution in [-0.4, -0.2) is 22.3 Å². The summed E-state index contributed by atoms with van der Waals surface area (Å²) in [4.78, 5) is -0.547. The lowest BCUT2D eigenvalue weighted by Crippen LogP contribution is -2.40. The molecule has 0 aliphatic heterocycles. The van der Waals surface area contributed by atoms with Crippen LogP contribution >= 0.6 is 0 Å². The van der Waals surface area contributed by atoms with Crippen molar-refractivity contribution in [1.82, 2.24) is 4.13 Å². The molecule has 1 rings (SSSR count). The van der Waals surface area contributed by atoms with E-state index in [0.29, 0.717) is 4.13 Å². The zero-order valence-electron chi connectivity index (χ0n) is 13.5. The fourth-order valence-electron chi connectivity index (χ4n) is 2.35. The summed E-state index contributed by atoms with van der Waals surface area (Å²) in [7, 11) is -10.8. The second-order valence-corrected chi connectivity index (χ2v) is 9.34. The van der Waals surface area contributed by atoms with Gasteiger partial charge in [-0.1, -0.05) is 43.5 Å². The molecule has 0 aliphatic rings. The molecule has 0 saturated carbocycles. The minimum Gasteiger partial charge on any atom is -0.206 e. The van der Waals surface area contributed by atoms with Crippen molar-refractivity contribution in [3.63, 3.8) is 0 Å². The van der Waals surface area contributed by atoms with Crippen molar-refractivity contribution in [1.29, 1.82) is 0 Å². The summed E-state index contributed by atoms with van der Waals surface area (Å²) in [6.45, 7) is 6.00. The van der Waals surface area contributed by atoms with E-state index in [1.807, 2.05) is 20.8 Å². The van der Waals surface area contributed by atoms with Gasteiger partial charge in [-0.05, 0) is 36.0 Å². The van der Waals surface area contributed by atoms with Gasteiger partial charge >= 0.3 is 15.5 Å². The summed E-state index contributed by atoms with van der Waals surface area (Å²) in [5, 5.41) is 0.